The Morgan fingerprint density at radius 2 is 2.00 bits per heavy atom. The van der Waals surface area contributed by atoms with Crippen molar-refractivity contribution in [3.63, 3.8) is 0 Å². The summed E-state index contributed by atoms with van der Waals surface area (Å²) in [7, 11) is 0. The van der Waals surface area contributed by atoms with E-state index in [1.807, 2.05) is 6.08 Å². The van der Waals surface area contributed by atoms with E-state index in [2.05, 4.69) is 38.8 Å². The van der Waals surface area contributed by atoms with Crippen LogP contribution in [0.1, 0.15) is 27.7 Å². The Bertz CT molecular complexity index is 222. The normalized spacial score (nSPS) is 35.6. The molecule has 1 rings (SSSR count). The van der Waals surface area contributed by atoms with Crippen molar-refractivity contribution in [2.45, 2.75) is 33.9 Å². The molecule has 12 heavy (non-hydrogen) atoms. The van der Waals surface area contributed by atoms with E-state index in [0.29, 0.717) is 0 Å². The molecule has 2 N–H and O–H groups in total. The van der Waals surface area contributed by atoms with Gasteiger partial charge in [-0.2, -0.15) is 0 Å². The van der Waals surface area contributed by atoms with Gasteiger partial charge in [0.15, 0.2) is 0 Å². The first-order valence-corrected chi connectivity index (χ1v) is 4.34. The maximum Gasteiger partial charge on any atom is 0.106 e. The topological polar surface area (TPSA) is 38.4 Å². The summed E-state index contributed by atoms with van der Waals surface area (Å²) in [5.41, 5.74) is 6.08. The zero-order valence-corrected chi connectivity index (χ0v) is 8.33. The third-order valence-electron chi connectivity index (χ3n) is 3.01. The molecule has 0 fully saturated rings. The monoisotopic (exact) mass is 166 g/mol. The molecule has 2 unspecified atom stereocenters. The molecule has 0 aromatic rings. The van der Waals surface area contributed by atoms with Gasteiger partial charge in [-0.25, -0.2) is 0 Å². The van der Waals surface area contributed by atoms with Crippen molar-refractivity contribution in [2.24, 2.45) is 21.6 Å². The fraction of sp³-hybridized carbons (Fsp3) is 0.700. The molecule has 0 saturated heterocycles. The second-order valence-corrected chi connectivity index (χ2v) is 4.63. The second-order valence-electron chi connectivity index (χ2n) is 4.63. The van der Waals surface area contributed by atoms with E-state index in [0.717, 1.165) is 0 Å². The fourth-order valence-corrected chi connectivity index (χ4v) is 1.33. The molecule has 2 atom stereocenters. The number of aliphatic imine (C=N–C) groups is 1. The second kappa shape index (κ2) is 2.70. The van der Waals surface area contributed by atoms with Crippen LogP contribution in [0.25, 0.3) is 0 Å². The molecule has 1 aliphatic heterocycles. The van der Waals surface area contributed by atoms with E-state index < -0.39 is 0 Å². The highest BCUT2D eigenvalue weighted by Gasteiger charge is 2.41. The van der Waals surface area contributed by atoms with Gasteiger partial charge >= 0.3 is 0 Å². The number of dihydropyridines is 1. The number of nitrogens with two attached hydrogens (primary N) is 1. The molecule has 2 heteroatoms. The van der Waals surface area contributed by atoms with Crippen LogP contribution in [0.15, 0.2) is 17.1 Å². The van der Waals surface area contributed by atoms with Gasteiger partial charge in [-0.1, -0.05) is 33.8 Å². The van der Waals surface area contributed by atoms with Crippen LogP contribution in [0, 0.1) is 10.8 Å². The summed E-state index contributed by atoms with van der Waals surface area (Å²) in [4.78, 5) is 4.22. The lowest BCUT2D eigenvalue weighted by molar-refractivity contribution is 0.133. The Kier molecular flexibility index (Phi) is 2.13. The van der Waals surface area contributed by atoms with E-state index >= 15 is 0 Å². The summed E-state index contributed by atoms with van der Waals surface area (Å²) in [5, 5.41) is 0. The third kappa shape index (κ3) is 1.31. The van der Waals surface area contributed by atoms with Crippen LogP contribution in [0.4, 0.5) is 0 Å². The number of allylic oxidation sites excluding steroid dienone is 1. The van der Waals surface area contributed by atoms with E-state index in [4.69, 9.17) is 5.73 Å². The van der Waals surface area contributed by atoms with Crippen LogP contribution >= 0.6 is 0 Å². The molecular weight excluding hydrogens is 148 g/mol. The lowest BCUT2D eigenvalue weighted by Crippen LogP contribution is -2.46. The molecule has 0 bridgehead atoms. The molecule has 1 heterocycles. The van der Waals surface area contributed by atoms with Gasteiger partial charge in [0.2, 0.25) is 0 Å². The minimum atomic E-state index is -0.109. The van der Waals surface area contributed by atoms with Gasteiger partial charge < -0.3 is 5.73 Å². The first-order valence-electron chi connectivity index (χ1n) is 4.34. The summed E-state index contributed by atoms with van der Waals surface area (Å²) in [6.45, 7) is 8.73. The Balaban J connectivity index is 2.99. The molecule has 0 saturated carbocycles. The number of hydrogen-bond donors (Lipinski definition) is 1. The van der Waals surface area contributed by atoms with Crippen LogP contribution in [0.5, 0.6) is 0 Å². The van der Waals surface area contributed by atoms with Gasteiger partial charge in [-0.15, -0.1) is 0 Å². The van der Waals surface area contributed by atoms with Gasteiger partial charge in [0, 0.05) is 11.6 Å². The molecule has 68 valence electrons. The summed E-state index contributed by atoms with van der Waals surface area (Å²) in [5.74, 6) is 0. The molecule has 0 spiro atoms. The predicted octanol–water partition coefficient (Wildman–Crippen LogP) is 1.96. The van der Waals surface area contributed by atoms with Crippen LogP contribution in [-0.2, 0) is 0 Å². The maximum absolute atomic E-state index is 5.95. The molecule has 0 radical (unpaired) electrons. The van der Waals surface area contributed by atoms with Crippen molar-refractivity contribution in [1.82, 2.24) is 0 Å². The molecule has 1 aliphatic rings. The van der Waals surface area contributed by atoms with E-state index in [1.54, 1.807) is 6.21 Å². The molecule has 0 aromatic carbocycles. The standard InChI is InChI=1S/C10H18N2/c1-9(2,3)10(4)6-5-7-12-8(10)11/h5-8H,11H2,1-4H3. The summed E-state index contributed by atoms with van der Waals surface area (Å²) in [6.07, 6.45) is 5.81. The van der Waals surface area contributed by atoms with Crippen molar-refractivity contribution in [1.29, 1.82) is 0 Å². The van der Waals surface area contributed by atoms with Gasteiger partial charge in [0.25, 0.3) is 0 Å². The summed E-state index contributed by atoms with van der Waals surface area (Å²) >= 11 is 0. The zero-order valence-electron chi connectivity index (χ0n) is 8.33. The van der Waals surface area contributed by atoms with E-state index in [1.165, 1.54) is 0 Å². The quantitative estimate of drug-likeness (QED) is 0.587. The lowest BCUT2D eigenvalue weighted by Gasteiger charge is -2.43. The summed E-state index contributed by atoms with van der Waals surface area (Å²) < 4.78 is 0. The number of hydrogen-bond acceptors (Lipinski definition) is 2. The Morgan fingerprint density at radius 3 is 2.33 bits per heavy atom. The Labute approximate surface area is 74.6 Å². The van der Waals surface area contributed by atoms with E-state index in [-0.39, 0.29) is 17.0 Å². The largest absolute Gasteiger partial charge is 0.309 e. The van der Waals surface area contributed by atoms with Crippen LogP contribution in [0.2, 0.25) is 0 Å². The average molecular weight is 166 g/mol. The number of nitrogens with zero attached hydrogens (tertiary/aromatic N) is 1. The minimum absolute atomic E-state index is 0.0260. The smallest absolute Gasteiger partial charge is 0.106 e. The summed E-state index contributed by atoms with van der Waals surface area (Å²) in [6, 6.07) is 0. The van der Waals surface area contributed by atoms with Crippen molar-refractivity contribution >= 4 is 6.21 Å². The van der Waals surface area contributed by atoms with Gasteiger partial charge in [-0.3, -0.25) is 4.99 Å². The van der Waals surface area contributed by atoms with Crippen LogP contribution in [-0.4, -0.2) is 12.4 Å². The zero-order chi connectivity index (χ0) is 9.41. The lowest BCUT2D eigenvalue weighted by atomic mass is 9.65. The third-order valence-corrected chi connectivity index (χ3v) is 3.01. The minimum Gasteiger partial charge on any atom is -0.309 e. The average Bonchev–Trinajstić information content (AvgIpc) is 1.93. The Hall–Kier alpha value is -0.630. The van der Waals surface area contributed by atoms with E-state index in [9.17, 15) is 0 Å². The first-order chi connectivity index (χ1) is 5.38. The predicted molar refractivity (Wildman–Crippen MR) is 53.2 cm³/mol. The van der Waals surface area contributed by atoms with Crippen molar-refractivity contribution < 1.29 is 0 Å². The Morgan fingerprint density at radius 1 is 1.42 bits per heavy atom. The molecule has 2 nitrogen and oxygen atoms in total. The maximum atomic E-state index is 5.95. The highest BCUT2D eigenvalue weighted by molar-refractivity contribution is 5.72. The van der Waals surface area contributed by atoms with Gasteiger partial charge in [-0.05, 0) is 11.5 Å². The highest BCUT2D eigenvalue weighted by Crippen LogP contribution is 2.43. The molecular formula is C10H18N2. The van der Waals surface area contributed by atoms with Crippen LogP contribution < -0.4 is 5.73 Å². The molecule has 0 aliphatic carbocycles. The molecule has 0 aromatic heterocycles. The van der Waals surface area contributed by atoms with Crippen LogP contribution in [0.3, 0.4) is 0 Å². The number of rotatable bonds is 0. The first kappa shape index (κ1) is 9.46. The highest BCUT2D eigenvalue weighted by atomic mass is 15.0. The van der Waals surface area contributed by atoms with Gasteiger partial charge in [0.05, 0.1) is 0 Å². The van der Waals surface area contributed by atoms with Gasteiger partial charge in [0.1, 0.15) is 6.17 Å². The van der Waals surface area contributed by atoms with Crippen molar-refractivity contribution in [2.75, 3.05) is 0 Å². The fourth-order valence-electron chi connectivity index (χ4n) is 1.33. The van der Waals surface area contributed by atoms with Crippen molar-refractivity contribution in [3.05, 3.63) is 12.2 Å². The van der Waals surface area contributed by atoms with Crippen molar-refractivity contribution in [3.8, 4) is 0 Å². The SMILES string of the molecule is CC(C)(C)C1(C)C=CC=NC1N. The molecule has 0 amide bonds.